The molecule has 0 aromatic heterocycles. The molecule has 0 unspecified atom stereocenters. The van der Waals surface area contributed by atoms with Gasteiger partial charge in [-0.1, -0.05) is 45.2 Å². The number of ether oxygens (including phenoxy) is 3. The van der Waals surface area contributed by atoms with Gasteiger partial charge in [-0.05, 0) is 42.0 Å². The third-order valence-corrected chi connectivity index (χ3v) is 8.26. The van der Waals surface area contributed by atoms with Crippen LogP contribution in [0.3, 0.4) is 0 Å². The van der Waals surface area contributed by atoms with Crippen LogP contribution in [-0.2, 0) is 26.1 Å². The van der Waals surface area contributed by atoms with Gasteiger partial charge in [0.2, 0.25) is 15.9 Å². The van der Waals surface area contributed by atoms with Crippen LogP contribution in [0.1, 0.15) is 15.9 Å². The summed E-state index contributed by atoms with van der Waals surface area (Å²) in [6.07, 6.45) is 0. The first-order valence-corrected chi connectivity index (χ1v) is 13.8. The lowest BCUT2D eigenvalue weighted by molar-refractivity contribution is -0.116. The van der Waals surface area contributed by atoms with Gasteiger partial charge in [-0.2, -0.15) is 4.31 Å². The van der Waals surface area contributed by atoms with E-state index in [-0.39, 0.29) is 39.2 Å². The minimum Gasteiger partial charge on any atom is -0.493 e. The molecular formula is C25H23BrCl2N2O7S. The van der Waals surface area contributed by atoms with Gasteiger partial charge in [0.25, 0.3) is 0 Å². The summed E-state index contributed by atoms with van der Waals surface area (Å²) in [5.41, 5.74) is 0.470. The Balaban J connectivity index is 1.99. The predicted molar refractivity (Wildman–Crippen MR) is 148 cm³/mol. The van der Waals surface area contributed by atoms with Crippen molar-refractivity contribution in [2.45, 2.75) is 11.4 Å². The lowest BCUT2D eigenvalue weighted by Crippen LogP contribution is -2.37. The number of nitrogens with zero attached hydrogens (tertiary/aromatic N) is 1. The number of halogens is 3. The lowest BCUT2D eigenvalue weighted by Gasteiger charge is -2.23. The zero-order valence-electron chi connectivity index (χ0n) is 20.5. The minimum atomic E-state index is -4.16. The van der Waals surface area contributed by atoms with Gasteiger partial charge < -0.3 is 19.5 Å². The maximum atomic E-state index is 13.6. The Morgan fingerprint density at radius 2 is 1.58 bits per heavy atom. The third-order valence-electron chi connectivity index (χ3n) is 5.34. The number of benzene rings is 3. The van der Waals surface area contributed by atoms with E-state index >= 15 is 0 Å². The molecule has 0 heterocycles. The Kier molecular flexibility index (Phi) is 10.0. The Morgan fingerprint density at radius 3 is 2.16 bits per heavy atom. The second kappa shape index (κ2) is 12.8. The fourth-order valence-corrected chi connectivity index (χ4v) is 5.54. The summed E-state index contributed by atoms with van der Waals surface area (Å²) in [5.74, 6) is -0.993. The topological polar surface area (TPSA) is 111 Å². The average Bonchev–Trinajstić information content (AvgIpc) is 2.89. The first kappa shape index (κ1) is 29.7. The van der Waals surface area contributed by atoms with Crippen LogP contribution in [0.4, 0.5) is 5.69 Å². The highest BCUT2D eigenvalue weighted by molar-refractivity contribution is 9.10. The molecule has 3 rings (SSSR count). The molecule has 0 atom stereocenters. The molecule has 3 aromatic rings. The number of carbonyl (C=O) groups excluding carboxylic acids is 2. The van der Waals surface area contributed by atoms with Crippen LogP contribution in [0.2, 0.25) is 10.0 Å². The number of nitrogens with one attached hydrogen (secondary N) is 1. The summed E-state index contributed by atoms with van der Waals surface area (Å²) >= 11 is 15.6. The van der Waals surface area contributed by atoms with Crippen LogP contribution in [0.15, 0.2) is 64.0 Å². The van der Waals surface area contributed by atoms with E-state index in [2.05, 4.69) is 21.2 Å². The summed E-state index contributed by atoms with van der Waals surface area (Å²) in [6.45, 7) is -0.829. The van der Waals surface area contributed by atoms with E-state index in [1.165, 1.54) is 51.7 Å². The zero-order chi connectivity index (χ0) is 28.0. The summed E-state index contributed by atoms with van der Waals surface area (Å²) in [4.78, 5) is 25.5. The molecule has 1 N–H and O–H groups in total. The highest BCUT2D eigenvalue weighted by Gasteiger charge is 2.28. The van der Waals surface area contributed by atoms with Gasteiger partial charge in [-0.15, -0.1) is 0 Å². The van der Waals surface area contributed by atoms with E-state index in [0.29, 0.717) is 15.1 Å². The third kappa shape index (κ3) is 6.97. The maximum Gasteiger partial charge on any atom is 0.340 e. The van der Waals surface area contributed by atoms with Crippen molar-refractivity contribution in [1.82, 2.24) is 4.31 Å². The molecule has 202 valence electrons. The van der Waals surface area contributed by atoms with E-state index in [0.717, 1.165) is 4.31 Å². The van der Waals surface area contributed by atoms with Crippen molar-refractivity contribution in [1.29, 1.82) is 0 Å². The number of sulfonamides is 1. The number of esters is 1. The van der Waals surface area contributed by atoms with Gasteiger partial charge in [0.15, 0.2) is 11.5 Å². The molecule has 9 nitrogen and oxygen atoms in total. The SMILES string of the molecule is COC(=O)c1cc(OC)c(OC)cc1NC(=O)CN(Cc1ccc(Cl)cc1Cl)S(=O)(=O)c1ccc(Br)cc1. The van der Waals surface area contributed by atoms with Crippen LogP contribution in [-0.4, -0.2) is 52.5 Å². The summed E-state index contributed by atoms with van der Waals surface area (Å²) in [7, 11) is -0.188. The van der Waals surface area contributed by atoms with E-state index < -0.39 is 28.4 Å². The Hall–Kier alpha value is -2.83. The molecule has 38 heavy (non-hydrogen) atoms. The monoisotopic (exact) mass is 644 g/mol. The fraction of sp³-hybridized carbons (Fsp3) is 0.200. The van der Waals surface area contributed by atoms with Crippen molar-refractivity contribution in [2.24, 2.45) is 0 Å². The van der Waals surface area contributed by atoms with E-state index in [1.54, 1.807) is 24.3 Å². The number of hydrogen-bond acceptors (Lipinski definition) is 7. The lowest BCUT2D eigenvalue weighted by atomic mass is 10.1. The quantitative estimate of drug-likeness (QED) is 0.294. The van der Waals surface area contributed by atoms with Gasteiger partial charge in [0, 0.05) is 33.2 Å². The smallest absolute Gasteiger partial charge is 0.340 e. The molecule has 0 fully saturated rings. The Bertz CT molecular complexity index is 1450. The zero-order valence-corrected chi connectivity index (χ0v) is 24.4. The van der Waals surface area contributed by atoms with Crippen molar-refractivity contribution < 1.29 is 32.2 Å². The van der Waals surface area contributed by atoms with E-state index in [9.17, 15) is 18.0 Å². The highest BCUT2D eigenvalue weighted by Crippen LogP contribution is 2.34. The van der Waals surface area contributed by atoms with Crippen molar-refractivity contribution in [3.63, 3.8) is 0 Å². The number of carbonyl (C=O) groups is 2. The van der Waals surface area contributed by atoms with Crippen molar-refractivity contribution >= 4 is 66.7 Å². The minimum absolute atomic E-state index is 0.0124. The fourth-order valence-electron chi connectivity index (χ4n) is 3.43. The number of methoxy groups -OCH3 is 3. The highest BCUT2D eigenvalue weighted by atomic mass is 79.9. The first-order chi connectivity index (χ1) is 18.0. The van der Waals surface area contributed by atoms with E-state index in [1.807, 2.05) is 0 Å². The summed E-state index contributed by atoms with van der Waals surface area (Å²) in [6, 6.07) is 13.3. The van der Waals surface area contributed by atoms with Crippen LogP contribution < -0.4 is 14.8 Å². The Labute approximate surface area is 238 Å². The molecule has 0 aliphatic heterocycles. The van der Waals surface area contributed by atoms with Gasteiger partial charge in [0.05, 0.1) is 44.0 Å². The molecule has 0 bridgehead atoms. The average molecular weight is 646 g/mol. The first-order valence-electron chi connectivity index (χ1n) is 10.8. The molecular weight excluding hydrogens is 623 g/mol. The molecule has 0 saturated carbocycles. The van der Waals surface area contributed by atoms with Gasteiger partial charge in [0.1, 0.15) is 0 Å². The second-order valence-corrected chi connectivity index (χ2v) is 11.5. The second-order valence-electron chi connectivity index (χ2n) is 7.76. The summed E-state index contributed by atoms with van der Waals surface area (Å²) < 4.78 is 44.1. The van der Waals surface area contributed by atoms with Crippen LogP contribution in [0.25, 0.3) is 0 Å². The van der Waals surface area contributed by atoms with Crippen molar-refractivity contribution in [3.05, 3.63) is 80.2 Å². The normalized spacial score (nSPS) is 11.2. The molecule has 0 spiro atoms. The van der Waals surface area contributed by atoms with Gasteiger partial charge in [-0.3, -0.25) is 4.79 Å². The number of rotatable bonds is 10. The van der Waals surface area contributed by atoms with Crippen molar-refractivity contribution in [3.8, 4) is 11.5 Å². The maximum absolute atomic E-state index is 13.6. The van der Waals surface area contributed by atoms with Crippen LogP contribution >= 0.6 is 39.1 Å². The largest absolute Gasteiger partial charge is 0.493 e. The van der Waals surface area contributed by atoms with Crippen molar-refractivity contribution in [2.75, 3.05) is 33.2 Å². The standard InChI is InChI=1S/C25H23BrCl2N2O7S/c1-35-22-11-19(25(32)37-3)21(12-23(22)36-2)29-24(31)14-30(13-15-4-7-17(27)10-20(15)28)38(33,34)18-8-5-16(26)6-9-18/h4-12H,13-14H2,1-3H3,(H,29,31). The van der Waals surface area contributed by atoms with Gasteiger partial charge >= 0.3 is 5.97 Å². The molecule has 0 aliphatic rings. The molecule has 13 heteroatoms. The molecule has 3 aromatic carbocycles. The van der Waals surface area contributed by atoms with Crippen LogP contribution in [0, 0.1) is 0 Å². The van der Waals surface area contributed by atoms with E-state index in [4.69, 9.17) is 37.4 Å². The van der Waals surface area contributed by atoms with Gasteiger partial charge in [-0.25, -0.2) is 13.2 Å². The summed E-state index contributed by atoms with van der Waals surface area (Å²) in [5, 5.41) is 3.20. The molecule has 1 amide bonds. The molecule has 0 saturated heterocycles. The number of amides is 1. The number of hydrogen-bond donors (Lipinski definition) is 1. The molecule has 0 radical (unpaired) electrons. The number of anilines is 1. The van der Waals surface area contributed by atoms with Crippen LogP contribution in [0.5, 0.6) is 11.5 Å². The Morgan fingerprint density at radius 1 is 0.947 bits per heavy atom. The molecule has 0 aliphatic carbocycles. The predicted octanol–water partition coefficient (Wildman–Crippen LogP) is 5.39.